The molecule has 0 aliphatic heterocycles. The van der Waals surface area contributed by atoms with Crippen molar-refractivity contribution in [1.29, 1.82) is 0 Å². The molecular weight excluding hydrogens is 328 g/mol. The number of ether oxygens (including phenoxy) is 2. The number of para-hydroxylation sites is 1. The molecule has 0 aliphatic rings. The zero-order valence-electron chi connectivity index (χ0n) is 13.1. The number of amides is 1. The topological polar surface area (TPSA) is 59.9 Å². The molecule has 1 N–H and O–H groups in total. The summed E-state index contributed by atoms with van der Waals surface area (Å²) >= 11 is 5.77. The van der Waals surface area contributed by atoms with Crippen LogP contribution in [-0.4, -0.2) is 25.8 Å². The third kappa shape index (κ3) is 5.78. The van der Waals surface area contributed by atoms with Crippen LogP contribution in [0.3, 0.4) is 0 Å². The SMILES string of the molecule is COc1ccccc1/C=C/C=N/NC(=O)COc1ccc(Cl)cc1. The van der Waals surface area contributed by atoms with Gasteiger partial charge in [-0.25, -0.2) is 5.43 Å². The molecule has 124 valence electrons. The van der Waals surface area contributed by atoms with Crippen molar-refractivity contribution in [2.24, 2.45) is 5.10 Å². The summed E-state index contributed by atoms with van der Waals surface area (Å²) in [5.74, 6) is 0.976. The number of halogens is 1. The highest BCUT2D eigenvalue weighted by molar-refractivity contribution is 6.30. The van der Waals surface area contributed by atoms with Gasteiger partial charge in [0.15, 0.2) is 6.61 Å². The second kappa shape index (κ2) is 9.37. The molecule has 0 saturated heterocycles. The summed E-state index contributed by atoms with van der Waals surface area (Å²) in [5, 5.41) is 4.42. The molecule has 0 unspecified atom stereocenters. The number of benzene rings is 2. The van der Waals surface area contributed by atoms with E-state index >= 15 is 0 Å². The maximum absolute atomic E-state index is 11.6. The number of hydrogen-bond donors (Lipinski definition) is 1. The first-order valence-electron chi connectivity index (χ1n) is 7.19. The summed E-state index contributed by atoms with van der Waals surface area (Å²) in [6.45, 7) is -0.130. The van der Waals surface area contributed by atoms with Crippen LogP contribution in [0.2, 0.25) is 5.02 Å². The smallest absolute Gasteiger partial charge is 0.277 e. The number of hydrazone groups is 1. The molecule has 2 rings (SSSR count). The van der Waals surface area contributed by atoms with Gasteiger partial charge >= 0.3 is 0 Å². The Morgan fingerprint density at radius 2 is 1.96 bits per heavy atom. The van der Waals surface area contributed by atoms with Gasteiger partial charge in [-0.3, -0.25) is 4.79 Å². The average molecular weight is 345 g/mol. The van der Waals surface area contributed by atoms with Gasteiger partial charge in [-0.15, -0.1) is 0 Å². The van der Waals surface area contributed by atoms with E-state index in [2.05, 4.69) is 10.5 Å². The number of methoxy groups -OCH3 is 1. The van der Waals surface area contributed by atoms with Crippen LogP contribution in [0.4, 0.5) is 0 Å². The number of carbonyl (C=O) groups excluding carboxylic acids is 1. The minimum atomic E-state index is -0.355. The van der Waals surface area contributed by atoms with E-state index < -0.39 is 0 Å². The molecule has 1 amide bonds. The van der Waals surface area contributed by atoms with E-state index in [0.29, 0.717) is 10.8 Å². The Balaban J connectivity index is 1.76. The number of allylic oxidation sites excluding steroid dienone is 1. The first kappa shape index (κ1) is 17.6. The average Bonchev–Trinajstić information content (AvgIpc) is 2.61. The highest BCUT2D eigenvalue weighted by atomic mass is 35.5. The molecule has 5 nitrogen and oxygen atoms in total. The Kier molecular flexibility index (Phi) is 6.86. The van der Waals surface area contributed by atoms with Gasteiger partial charge in [-0.05, 0) is 42.5 Å². The van der Waals surface area contributed by atoms with Gasteiger partial charge in [0.05, 0.1) is 7.11 Å². The molecule has 2 aromatic rings. The fraction of sp³-hybridized carbons (Fsp3) is 0.111. The summed E-state index contributed by atoms with van der Waals surface area (Å²) in [6, 6.07) is 14.4. The van der Waals surface area contributed by atoms with Crippen LogP contribution in [0.25, 0.3) is 6.08 Å². The molecule has 0 heterocycles. The van der Waals surface area contributed by atoms with Gasteiger partial charge in [0, 0.05) is 16.8 Å². The summed E-state index contributed by atoms with van der Waals surface area (Å²) < 4.78 is 10.5. The van der Waals surface area contributed by atoms with Crippen molar-refractivity contribution >= 4 is 29.8 Å². The van der Waals surface area contributed by atoms with Crippen molar-refractivity contribution in [3.63, 3.8) is 0 Å². The standard InChI is InChI=1S/C18H17ClN2O3/c1-23-17-7-3-2-5-14(17)6-4-12-20-21-18(22)13-24-16-10-8-15(19)9-11-16/h2-12H,13H2,1H3,(H,21,22)/b6-4+,20-12+. The lowest BCUT2D eigenvalue weighted by Crippen LogP contribution is -2.24. The maximum atomic E-state index is 11.6. The Hall–Kier alpha value is -2.79. The highest BCUT2D eigenvalue weighted by Crippen LogP contribution is 2.18. The van der Waals surface area contributed by atoms with E-state index in [-0.39, 0.29) is 12.5 Å². The summed E-state index contributed by atoms with van der Waals surface area (Å²) in [6.07, 6.45) is 5.02. The number of rotatable bonds is 7. The van der Waals surface area contributed by atoms with E-state index in [0.717, 1.165) is 11.3 Å². The molecule has 0 aliphatic carbocycles. The molecular formula is C18H17ClN2O3. The van der Waals surface area contributed by atoms with Crippen molar-refractivity contribution in [3.05, 3.63) is 65.2 Å². The van der Waals surface area contributed by atoms with Gasteiger partial charge in [0.1, 0.15) is 11.5 Å². The van der Waals surface area contributed by atoms with E-state index in [4.69, 9.17) is 21.1 Å². The Morgan fingerprint density at radius 3 is 2.71 bits per heavy atom. The van der Waals surface area contributed by atoms with Crippen LogP contribution in [0, 0.1) is 0 Å². The fourth-order valence-electron chi connectivity index (χ4n) is 1.82. The monoisotopic (exact) mass is 344 g/mol. The number of nitrogens with zero attached hydrogens (tertiary/aromatic N) is 1. The first-order valence-corrected chi connectivity index (χ1v) is 7.57. The zero-order valence-corrected chi connectivity index (χ0v) is 13.9. The molecule has 2 aromatic carbocycles. The van der Waals surface area contributed by atoms with Crippen LogP contribution < -0.4 is 14.9 Å². The van der Waals surface area contributed by atoms with E-state index in [1.165, 1.54) is 6.21 Å². The number of hydrogen-bond acceptors (Lipinski definition) is 4. The van der Waals surface area contributed by atoms with E-state index in [1.807, 2.05) is 30.3 Å². The first-order chi connectivity index (χ1) is 11.7. The predicted molar refractivity (Wildman–Crippen MR) is 95.6 cm³/mol. The molecule has 6 heteroatoms. The molecule has 24 heavy (non-hydrogen) atoms. The molecule has 0 fully saturated rings. The van der Waals surface area contributed by atoms with Crippen molar-refractivity contribution < 1.29 is 14.3 Å². The summed E-state index contributed by atoms with van der Waals surface area (Å²) in [4.78, 5) is 11.6. The molecule has 0 radical (unpaired) electrons. The third-order valence-corrected chi connectivity index (χ3v) is 3.20. The minimum absolute atomic E-state index is 0.130. The van der Waals surface area contributed by atoms with Gasteiger partial charge in [-0.2, -0.15) is 5.10 Å². The van der Waals surface area contributed by atoms with Gasteiger partial charge < -0.3 is 9.47 Å². The van der Waals surface area contributed by atoms with Crippen LogP contribution in [-0.2, 0) is 4.79 Å². The second-order valence-corrected chi connectivity index (χ2v) is 5.09. The highest BCUT2D eigenvalue weighted by Gasteiger charge is 2.01. The molecule has 0 bridgehead atoms. The van der Waals surface area contributed by atoms with Gasteiger partial charge in [0.25, 0.3) is 5.91 Å². The lowest BCUT2D eigenvalue weighted by Gasteiger charge is -2.04. The molecule has 0 atom stereocenters. The Bertz CT molecular complexity index is 727. The lowest BCUT2D eigenvalue weighted by molar-refractivity contribution is -0.123. The largest absolute Gasteiger partial charge is 0.496 e. The zero-order chi connectivity index (χ0) is 17.2. The Morgan fingerprint density at radius 1 is 1.21 bits per heavy atom. The van der Waals surface area contributed by atoms with Crippen molar-refractivity contribution in [3.8, 4) is 11.5 Å². The second-order valence-electron chi connectivity index (χ2n) is 4.66. The predicted octanol–water partition coefficient (Wildman–Crippen LogP) is 3.54. The van der Waals surface area contributed by atoms with Crippen LogP contribution in [0.1, 0.15) is 5.56 Å². The van der Waals surface area contributed by atoms with Gasteiger partial charge in [0.2, 0.25) is 0 Å². The summed E-state index contributed by atoms with van der Waals surface area (Å²) in [7, 11) is 1.61. The van der Waals surface area contributed by atoms with Crippen molar-refractivity contribution in [2.45, 2.75) is 0 Å². The van der Waals surface area contributed by atoms with Crippen molar-refractivity contribution in [1.82, 2.24) is 5.43 Å². The quantitative estimate of drug-likeness (QED) is 0.617. The molecule has 0 aromatic heterocycles. The van der Waals surface area contributed by atoms with Crippen LogP contribution in [0.15, 0.2) is 59.7 Å². The minimum Gasteiger partial charge on any atom is -0.496 e. The molecule has 0 spiro atoms. The van der Waals surface area contributed by atoms with Gasteiger partial charge in [-0.1, -0.05) is 29.8 Å². The third-order valence-electron chi connectivity index (χ3n) is 2.95. The van der Waals surface area contributed by atoms with Crippen LogP contribution >= 0.6 is 11.6 Å². The van der Waals surface area contributed by atoms with Crippen molar-refractivity contribution in [2.75, 3.05) is 13.7 Å². The fourth-order valence-corrected chi connectivity index (χ4v) is 1.94. The Labute approximate surface area is 145 Å². The van der Waals surface area contributed by atoms with E-state index in [1.54, 1.807) is 37.5 Å². The maximum Gasteiger partial charge on any atom is 0.277 e. The van der Waals surface area contributed by atoms with Crippen LogP contribution in [0.5, 0.6) is 11.5 Å². The number of carbonyl (C=O) groups is 1. The number of nitrogens with one attached hydrogen (secondary N) is 1. The normalized spacial score (nSPS) is 10.9. The molecule has 0 saturated carbocycles. The van der Waals surface area contributed by atoms with E-state index in [9.17, 15) is 4.79 Å². The lowest BCUT2D eigenvalue weighted by atomic mass is 10.2. The summed E-state index contributed by atoms with van der Waals surface area (Å²) in [5.41, 5.74) is 3.30.